The first-order valence-electron chi connectivity index (χ1n) is 4.16. The Morgan fingerprint density at radius 2 is 1.73 bits per heavy atom. The molecule has 0 unspecified atom stereocenters. The molecule has 0 fully saturated rings. The highest BCUT2D eigenvalue weighted by Gasteiger charge is 2.10. The summed E-state index contributed by atoms with van der Waals surface area (Å²) < 4.78 is 28.1. The van der Waals surface area contributed by atoms with Gasteiger partial charge in [-0.3, -0.25) is 9.52 Å². The first-order chi connectivity index (χ1) is 6.93. The molecule has 0 radical (unpaired) electrons. The second-order valence-corrected chi connectivity index (χ2v) is 4.43. The number of benzene rings is 1. The molecule has 1 aromatic rings. The Morgan fingerprint density at radius 1 is 1.20 bits per heavy atom. The quantitative estimate of drug-likeness (QED) is 0.785. The zero-order valence-corrected chi connectivity index (χ0v) is 9.17. The molecular formula is C9H11NO4S. The molecule has 0 aliphatic rings. The number of rotatable bonds is 4. The molecular weight excluding hydrogens is 218 g/mol. The van der Waals surface area contributed by atoms with Gasteiger partial charge in [0.25, 0.3) is 0 Å². The summed E-state index contributed by atoms with van der Waals surface area (Å²) in [5.74, 6) is 0. The molecule has 6 heteroatoms. The average molecular weight is 229 g/mol. The Morgan fingerprint density at radius 3 is 2.20 bits per heavy atom. The smallest absolute Gasteiger partial charge is 0.333 e. The maximum atomic E-state index is 11.1. The van der Waals surface area contributed by atoms with Crippen molar-refractivity contribution in [3.63, 3.8) is 0 Å². The van der Waals surface area contributed by atoms with Crippen LogP contribution in [-0.4, -0.2) is 14.9 Å². The molecule has 15 heavy (non-hydrogen) atoms. The van der Waals surface area contributed by atoms with E-state index in [1.807, 2.05) is 19.9 Å². The molecule has 0 spiro atoms. The number of anilines is 1. The molecule has 1 rings (SSSR count). The zero-order valence-electron chi connectivity index (χ0n) is 8.35. The van der Waals surface area contributed by atoms with E-state index in [0.717, 1.165) is 11.1 Å². The van der Waals surface area contributed by atoms with Gasteiger partial charge in [0.2, 0.25) is 0 Å². The normalized spacial score (nSPS) is 10.8. The van der Waals surface area contributed by atoms with Crippen molar-refractivity contribution in [3.05, 3.63) is 29.3 Å². The van der Waals surface area contributed by atoms with Crippen LogP contribution in [0.25, 0.3) is 0 Å². The third-order valence-corrected chi connectivity index (χ3v) is 2.45. The summed E-state index contributed by atoms with van der Waals surface area (Å²) in [4.78, 5) is 9.90. The first kappa shape index (κ1) is 11.5. The van der Waals surface area contributed by atoms with Crippen molar-refractivity contribution < 1.29 is 17.4 Å². The van der Waals surface area contributed by atoms with Crippen molar-refractivity contribution in [2.24, 2.45) is 0 Å². The van der Waals surface area contributed by atoms with E-state index >= 15 is 0 Å². The van der Waals surface area contributed by atoms with Gasteiger partial charge in [-0.15, -0.1) is 0 Å². The number of nitrogens with one attached hydrogen (secondary N) is 1. The lowest BCUT2D eigenvalue weighted by atomic mass is 10.1. The zero-order chi connectivity index (χ0) is 11.5. The van der Waals surface area contributed by atoms with Gasteiger partial charge in [0.05, 0.1) is 5.69 Å². The molecule has 0 heterocycles. The van der Waals surface area contributed by atoms with Crippen molar-refractivity contribution in [1.29, 1.82) is 0 Å². The number of aryl methyl sites for hydroxylation is 2. The maximum Gasteiger partial charge on any atom is 0.409 e. The van der Waals surface area contributed by atoms with Crippen LogP contribution >= 0.6 is 0 Å². The molecule has 0 aromatic heterocycles. The molecule has 1 N–H and O–H groups in total. The summed E-state index contributed by atoms with van der Waals surface area (Å²) in [6.45, 7) is 3.54. The van der Waals surface area contributed by atoms with Crippen LogP contribution in [0.1, 0.15) is 11.1 Å². The molecule has 0 aliphatic heterocycles. The van der Waals surface area contributed by atoms with E-state index < -0.39 is 10.3 Å². The summed E-state index contributed by atoms with van der Waals surface area (Å²) in [5, 5.41) is 0. The monoisotopic (exact) mass is 229 g/mol. The number of carbonyl (C=O) groups is 1. The predicted molar refractivity (Wildman–Crippen MR) is 55.6 cm³/mol. The maximum absolute atomic E-state index is 11.1. The van der Waals surface area contributed by atoms with Crippen LogP contribution in [0.5, 0.6) is 0 Å². The number of hydrogen-bond acceptors (Lipinski definition) is 4. The second-order valence-electron chi connectivity index (χ2n) is 3.13. The molecule has 0 saturated carbocycles. The van der Waals surface area contributed by atoms with Crippen LogP contribution in [0.3, 0.4) is 0 Å². The number of hydrogen-bond donors (Lipinski definition) is 1. The first-order valence-corrected chi connectivity index (χ1v) is 5.57. The van der Waals surface area contributed by atoms with Gasteiger partial charge < -0.3 is 4.18 Å². The fourth-order valence-corrected chi connectivity index (χ4v) is 1.81. The summed E-state index contributed by atoms with van der Waals surface area (Å²) in [6.07, 6.45) is 0. The predicted octanol–water partition coefficient (Wildman–Crippen LogP) is 1.13. The van der Waals surface area contributed by atoms with Gasteiger partial charge in [0, 0.05) is 0 Å². The molecule has 0 saturated heterocycles. The van der Waals surface area contributed by atoms with Gasteiger partial charge in [-0.25, -0.2) is 0 Å². The van der Waals surface area contributed by atoms with Gasteiger partial charge in [-0.1, -0.05) is 6.07 Å². The average Bonchev–Trinajstić information content (AvgIpc) is 1.99. The molecule has 0 atom stereocenters. The lowest BCUT2D eigenvalue weighted by Gasteiger charge is -2.06. The van der Waals surface area contributed by atoms with Crippen molar-refractivity contribution in [2.75, 3.05) is 4.72 Å². The van der Waals surface area contributed by atoms with Gasteiger partial charge >= 0.3 is 16.8 Å². The topological polar surface area (TPSA) is 72.5 Å². The Hall–Kier alpha value is -1.56. The van der Waals surface area contributed by atoms with Crippen LogP contribution in [0.4, 0.5) is 5.69 Å². The lowest BCUT2D eigenvalue weighted by molar-refractivity contribution is -0.120. The molecule has 5 nitrogen and oxygen atoms in total. The van der Waals surface area contributed by atoms with E-state index in [1.165, 1.54) is 0 Å². The van der Waals surface area contributed by atoms with Crippen LogP contribution in [-0.2, 0) is 19.3 Å². The summed E-state index contributed by atoms with van der Waals surface area (Å²) in [7, 11) is -4.04. The van der Waals surface area contributed by atoms with Crippen molar-refractivity contribution >= 4 is 22.5 Å². The van der Waals surface area contributed by atoms with E-state index in [1.54, 1.807) is 12.1 Å². The third kappa shape index (κ3) is 3.59. The van der Waals surface area contributed by atoms with Gasteiger partial charge in [-0.2, -0.15) is 8.42 Å². The highest BCUT2D eigenvalue weighted by molar-refractivity contribution is 7.88. The Kier molecular flexibility index (Phi) is 3.31. The highest BCUT2D eigenvalue weighted by atomic mass is 32.2. The lowest BCUT2D eigenvalue weighted by Crippen LogP contribution is -2.15. The van der Waals surface area contributed by atoms with E-state index in [2.05, 4.69) is 8.91 Å². The van der Waals surface area contributed by atoms with E-state index in [0.29, 0.717) is 5.69 Å². The largest absolute Gasteiger partial charge is 0.409 e. The van der Waals surface area contributed by atoms with Crippen molar-refractivity contribution in [1.82, 2.24) is 0 Å². The summed E-state index contributed by atoms with van der Waals surface area (Å²) >= 11 is 0. The van der Waals surface area contributed by atoms with Gasteiger partial charge in [0.15, 0.2) is 0 Å². The fraction of sp³-hybridized carbons (Fsp3) is 0.222. The van der Waals surface area contributed by atoms with E-state index in [-0.39, 0.29) is 6.47 Å². The van der Waals surface area contributed by atoms with Crippen LogP contribution in [0.15, 0.2) is 18.2 Å². The Labute approximate surface area is 88.3 Å². The summed E-state index contributed by atoms with van der Waals surface area (Å²) in [6, 6.07) is 5.18. The second kappa shape index (κ2) is 4.31. The minimum Gasteiger partial charge on any atom is -0.333 e. The third-order valence-electron chi connectivity index (χ3n) is 1.63. The minimum atomic E-state index is -4.04. The van der Waals surface area contributed by atoms with Crippen LogP contribution in [0.2, 0.25) is 0 Å². The van der Waals surface area contributed by atoms with Crippen LogP contribution in [0, 0.1) is 13.8 Å². The number of carbonyl (C=O) groups excluding carboxylic acids is 1. The molecule has 82 valence electrons. The molecule has 1 aromatic carbocycles. The van der Waals surface area contributed by atoms with Gasteiger partial charge in [-0.05, 0) is 37.1 Å². The van der Waals surface area contributed by atoms with E-state index in [9.17, 15) is 13.2 Å². The summed E-state index contributed by atoms with van der Waals surface area (Å²) in [5.41, 5.74) is 2.20. The van der Waals surface area contributed by atoms with Crippen LogP contribution < -0.4 is 4.72 Å². The Bertz CT molecular complexity index is 447. The van der Waals surface area contributed by atoms with Gasteiger partial charge in [0.1, 0.15) is 0 Å². The molecule has 0 bridgehead atoms. The molecule has 0 aliphatic carbocycles. The minimum absolute atomic E-state index is 0.134. The fourth-order valence-electron chi connectivity index (χ4n) is 1.25. The van der Waals surface area contributed by atoms with Crippen molar-refractivity contribution in [2.45, 2.75) is 13.8 Å². The van der Waals surface area contributed by atoms with E-state index in [4.69, 9.17) is 0 Å². The Balaban J connectivity index is 2.94. The van der Waals surface area contributed by atoms with Crippen molar-refractivity contribution in [3.8, 4) is 0 Å². The standard InChI is InChI=1S/C9H11NO4S/c1-7-3-8(2)5-9(4-7)10-15(12,13)14-6-11/h3-6,10H,1-2H3. The SMILES string of the molecule is Cc1cc(C)cc(NS(=O)(=O)OC=O)c1. The highest BCUT2D eigenvalue weighted by Crippen LogP contribution is 2.15. The molecule has 0 amide bonds.